The highest BCUT2D eigenvalue weighted by Crippen LogP contribution is 2.22. The van der Waals surface area contributed by atoms with Crippen molar-refractivity contribution in [3.05, 3.63) is 17.5 Å². The fourth-order valence-electron chi connectivity index (χ4n) is 1.87. The number of piperidine rings is 1. The molecule has 16 heavy (non-hydrogen) atoms. The summed E-state index contributed by atoms with van der Waals surface area (Å²) in [5.74, 6) is -0.423. The molecule has 1 aromatic rings. The minimum absolute atomic E-state index is 0.325. The van der Waals surface area contributed by atoms with E-state index in [9.17, 15) is 4.79 Å². The van der Waals surface area contributed by atoms with Gasteiger partial charge in [-0.3, -0.25) is 9.78 Å². The third-order valence-electron chi connectivity index (χ3n) is 2.69. The van der Waals surface area contributed by atoms with Crippen molar-refractivity contribution in [1.29, 1.82) is 0 Å². The van der Waals surface area contributed by atoms with Crippen LogP contribution in [0.3, 0.4) is 0 Å². The maximum Gasteiger partial charge on any atom is 0.308 e. The van der Waals surface area contributed by atoms with E-state index >= 15 is 0 Å². The second-order valence-electron chi connectivity index (χ2n) is 3.82. The topological polar surface area (TPSA) is 66.3 Å². The van der Waals surface area contributed by atoms with Crippen LogP contribution in [-0.4, -0.2) is 34.1 Å². The van der Waals surface area contributed by atoms with Crippen LogP contribution in [0.25, 0.3) is 0 Å². The maximum absolute atomic E-state index is 10.9. The Labute approximate surface area is 98.1 Å². The van der Waals surface area contributed by atoms with Crippen LogP contribution >= 0.6 is 11.6 Å². The van der Waals surface area contributed by atoms with Crippen molar-refractivity contribution in [2.24, 2.45) is 5.92 Å². The number of aliphatic carboxylic acids is 1. The van der Waals surface area contributed by atoms with Crippen LogP contribution in [0, 0.1) is 5.92 Å². The molecule has 1 aromatic heterocycles. The van der Waals surface area contributed by atoms with E-state index in [0.29, 0.717) is 17.5 Å². The van der Waals surface area contributed by atoms with Gasteiger partial charge in [-0.15, -0.1) is 0 Å². The number of rotatable bonds is 2. The lowest BCUT2D eigenvalue weighted by Gasteiger charge is -2.31. The zero-order valence-electron chi connectivity index (χ0n) is 8.64. The number of carboxylic acid groups (broad SMARTS) is 1. The molecule has 1 aliphatic heterocycles. The lowest BCUT2D eigenvalue weighted by Crippen LogP contribution is -2.39. The molecule has 0 saturated carbocycles. The molecule has 1 atom stereocenters. The molecule has 1 aliphatic rings. The number of aromatic nitrogens is 2. The summed E-state index contributed by atoms with van der Waals surface area (Å²) in [5.41, 5.74) is 0. The Morgan fingerprint density at radius 3 is 3.06 bits per heavy atom. The first-order valence-corrected chi connectivity index (χ1v) is 5.50. The van der Waals surface area contributed by atoms with Crippen LogP contribution in [0.5, 0.6) is 0 Å². The zero-order valence-corrected chi connectivity index (χ0v) is 9.39. The molecule has 0 aliphatic carbocycles. The molecular formula is C10H12ClN3O2. The van der Waals surface area contributed by atoms with Crippen LogP contribution in [0.4, 0.5) is 5.82 Å². The van der Waals surface area contributed by atoms with Crippen LogP contribution in [0.15, 0.2) is 12.4 Å². The fourth-order valence-corrected chi connectivity index (χ4v) is 2.01. The first-order chi connectivity index (χ1) is 7.66. The third-order valence-corrected chi connectivity index (χ3v) is 2.87. The van der Waals surface area contributed by atoms with Gasteiger partial charge in [0.15, 0.2) is 0 Å². The van der Waals surface area contributed by atoms with Crippen LogP contribution in [0.2, 0.25) is 5.15 Å². The Morgan fingerprint density at radius 2 is 2.38 bits per heavy atom. The minimum Gasteiger partial charge on any atom is -0.481 e. The first kappa shape index (κ1) is 11.1. The standard InChI is InChI=1S/C10H12ClN3O2/c11-8-4-12-5-9(13-8)14-3-1-2-7(6-14)10(15)16/h4-5,7H,1-3,6H2,(H,15,16). The van der Waals surface area contributed by atoms with Gasteiger partial charge in [0.2, 0.25) is 0 Å². The highest BCUT2D eigenvalue weighted by molar-refractivity contribution is 6.29. The van der Waals surface area contributed by atoms with E-state index in [1.165, 1.54) is 6.20 Å². The number of carboxylic acids is 1. The van der Waals surface area contributed by atoms with Crippen LogP contribution in [-0.2, 0) is 4.79 Å². The Morgan fingerprint density at radius 1 is 1.56 bits per heavy atom. The third kappa shape index (κ3) is 2.41. The van der Waals surface area contributed by atoms with E-state index in [4.69, 9.17) is 16.7 Å². The second kappa shape index (κ2) is 4.65. The minimum atomic E-state index is -0.750. The molecule has 1 fully saturated rings. The maximum atomic E-state index is 10.9. The molecule has 1 saturated heterocycles. The van der Waals surface area contributed by atoms with Crippen molar-refractivity contribution in [1.82, 2.24) is 9.97 Å². The highest BCUT2D eigenvalue weighted by Gasteiger charge is 2.26. The number of hydrogen-bond acceptors (Lipinski definition) is 4. The molecule has 0 bridgehead atoms. The molecule has 2 rings (SSSR count). The normalized spacial score (nSPS) is 20.8. The predicted octanol–water partition coefficient (Wildman–Crippen LogP) is 1.43. The van der Waals surface area contributed by atoms with E-state index in [-0.39, 0.29) is 5.92 Å². The molecule has 0 aromatic carbocycles. The molecule has 0 amide bonds. The molecule has 1 unspecified atom stereocenters. The molecule has 5 nitrogen and oxygen atoms in total. The molecular weight excluding hydrogens is 230 g/mol. The van der Waals surface area contributed by atoms with Gasteiger partial charge in [0.25, 0.3) is 0 Å². The summed E-state index contributed by atoms with van der Waals surface area (Å²) < 4.78 is 0. The molecule has 0 radical (unpaired) electrons. The van der Waals surface area contributed by atoms with Crippen molar-refractivity contribution in [3.63, 3.8) is 0 Å². The van der Waals surface area contributed by atoms with Gasteiger partial charge in [-0.2, -0.15) is 0 Å². The van der Waals surface area contributed by atoms with Gasteiger partial charge in [-0.05, 0) is 12.8 Å². The zero-order chi connectivity index (χ0) is 11.5. The number of nitrogens with zero attached hydrogens (tertiary/aromatic N) is 3. The summed E-state index contributed by atoms with van der Waals surface area (Å²) in [4.78, 5) is 20.9. The van der Waals surface area contributed by atoms with E-state index in [2.05, 4.69) is 9.97 Å². The van der Waals surface area contributed by atoms with Gasteiger partial charge in [0.05, 0.1) is 18.3 Å². The highest BCUT2D eigenvalue weighted by atomic mass is 35.5. The summed E-state index contributed by atoms with van der Waals surface area (Å²) in [6, 6.07) is 0. The average Bonchev–Trinajstić information content (AvgIpc) is 2.29. The van der Waals surface area contributed by atoms with Crippen molar-refractivity contribution in [2.45, 2.75) is 12.8 Å². The van der Waals surface area contributed by atoms with Crippen LogP contribution < -0.4 is 4.90 Å². The van der Waals surface area contributed by atoms with E-state index in [1.807, 2.05) is 4.90 Å². The molecule has 2 heterocycles. The number of hydrogen-bond donors (Lipinski definition) is 1. The van der Waals surface area contributed by atoms with Gasteiger partial charge < -0.3 is 10.0 Å². The van der Waals surface area contributed by atoms with Crippen molar-refractivity contribution in [2.75, 3.05) is 18.0 Å². The summed E-state index contributed by atoms with van der Waals surface area (Å²) in [5, 5.41) is 9.30. The molecule has 6 heteroatoms. The Kier molecular flexibility index (Phi) is 3.24. The summed E-state index contributed by atoms with van der Waals surface area (Å²) in [6.45, 7) is 1.28. The smallest absolute Gasteiger partial charge is 0.308 e. The molecule has 0 spiro atoms. The molecule has 1 N–H and O–H groups in total. The van der Waals surface area contributed by atoms with Crippen molar-refractivity contribution < 1.29 is 9.90 Å². The van der Waals surface area contributed by atoms with Gasteiger partial charge in [-0.1, -0.05) is 11.6 Å². The van der Waals surface area contributed by atoms with Gasteiger partial charge in [-0.25, -0.2) is 4.98 Å². The average molecular weight is 242 g/mol. The Balaban J connectivity index is 2.12. The SMILES string of the molecule is O=C(O)C1CCCN(c2cncc(Cl)n2)C1. The summed E-state index contributed by atoms with van der Waals surface area (Å²) in [6.07, 6.45) is 4.64. The quantitative estimate of drug-likeness (QED) is 0.849. The lowest BCUT2D eigenvalue weighted by molar-refractivity contribution is -0.141. The molecule has 86 valence electrons. The van der Waals surface area contributed by atoms with Crippen molar-refractivity contribution in [3.8, 4) is 0 Å². The van der Waals surface area contributed by atoms with E-state index in [1.54, 1.807) is 6.20 Å². The largest absolute Gasteiger partial charge is 0.481 e. The van der Waals surface area contributed by atoms with Crippen LogP contribution in [0.1, 0.15) is 12.8 Å². The van der Waals surface area contributed by atoms with E-state index in [0.717, 1.165) is 19.4 Å². The number of carbonyl (C=O) groups is 1. The van der Waals surface area contributed by atoms with Gasteiger partial charge >= 0.3 is 5.97 Å². The lowest BCUT2D eigenvalue weighted by atomic mass is 9.98. The number of halogens is 1. The first-order valence-electron chi connectivity index (χ1n) is 5.12. The van der Waals surface area contributed by atoms with Crippen molar-refractivity contribution >= 4 is 23.4 Å². The fraction of sp³-hybridized carbons (Fsp3) is 0.500. The number of anilines is 1. The Hall–Kier alpha value is -1.36. The predicted molar refractivity (Wildman–Crippen MR) is 59.6 cm³/mol. The van der Waals surface area contributed by atoms with Gasteiger partial charge in [0, 0.05) is 13.1 Å². The second-order valence-corrected chi connectivity index (χ2v) is 4.21. The van der Waals surface area contributed by atoms with Gasteiger partial charge in [0.1, 0.15) is 11.0 Å². The monoisotopic (exact) mass is 241 g/mol. The Bertz CT molecular complexity index is 399. The summed E-state index contributed by atoms with van der Waals surface area (Å²) in [7, 11) is 0. The van der Waals surface area contributed by atoms with E-state index < -0.39 is 5.97 Å². The summed E-state index contributed by atoms with van der Waals surface area (Å²) >= 11 is 5.75.